The number of para-hydroxylation sites is 2. The van der Waals surface area contributed by atoms with E-state index in [-0.39, 0.29) is 6.03 Å². The molecular formula is C26H19ClN4O. The van der Waals surface area contributed by atoms with E-state index in [0.29, 0.717) is 16.4 Å². The van der Waals surface area contributed by atoms with E-state index in [1.165, 1.54) is 0 Å². The molecule has 5 nitrogen and oxygen atoms in total. The quantitative estimate of drug-likeness (QED) is 0.278. The maximum atomic E-state index is 12.3. The van der Waals surface area contributed by atoms with Gasteiger partial charge in [-0.05, 0) is 59.7 Å². The monoisotopic (exact) mass is 438 g/mol. The molecule has 32 heavy (non-hydrogen) atoms. The molecule has 0 aliphatic heterocycles. The highest BCUT2D eigenvalue weighted by atomic mass is 35.5. The summed E-state index contributed by atoms with van der Waals surface area (Å²) in [4.78, 5) is 20.3. The second kappa shape index (κ2) is 8.57. The third-order valence-corrected chi connectivity index (χ3v) is 5.36. The molecule has 0 bridgehead atoms. The number of urea groups is 1. The zero-order valence-electron chi connectivity index (χ0n) is 17.0. The Labute approximate surface area is 190 Å². The van der Waals surface area contributed by atoms with Gasteiger partial charge in [0.1, 0.15) is 5.82 Å². The normalized spacial score (nSPS) is 10.8. The van der Waals surface area contributed by atoms with Crippen LogP contribution in [0.4, 0.5) is 16.2 Å². The van der Waals surface area contributed by atoms with Crippen LogP contribution in [0.1, 0.15) is 0 Å². The third-order valence-electron chi connectivity index (χ3n) is 5.10. The van der Waals surface area contributed by atoms with Crippen molar-refractivity contribution in [1.29, 1.82) is 0 Å². The van der Waals surface area contributed by atoms with Gasteiger partial charge in [0.25, 0.3) is 0 Å². The number of hydrogen-bond acceptors (Lipinski definition) is 2. The smallest absolute Gasteiger partial charge is 0.323 e. The molecular weight excluding hydrogens is 420 g/mol. The van der Waals surface area contributed by atoms with Gasteiger partial charge in [0.05, 0.1) is 11.0 Å². The molecule has 0 saturated heterocycles. The van der Waals surface area contributed by atoms with E-state index in [9.17, 15) is 4.79 Å². The number of imidazole rings is 1. The molecule has 156 valence electrons. The Kier molecular flexibility index (Phi) is 5.32. The summed E-state index contributed by atoms with van der Waals surface area (Å²) in [7, 11) is 0. The van der Waals surface area contributed by atoms with Gasteiger partial charge in [-0.2, -0.15) is 0 Å². The third kappa shape index (κ3) is 4.33. The number of amides is 2. The molecule has 0 spiro atoms. The van der Waals surface area contributed by atoms with E-state index >= 15 is 0 Å². The van der Waals surface area contributed by atoms with Crippen molar-refractivity contribution in [3.63, 3.8) is 0 Å². The van der Waals surface area contributed by atoms with E-state index in [1.54, 1.807) is 24.3 Å². The molecule has 3 N–H and O–H groups in total. The Morgan fingerprint density at radius 1 is 0.719 bits per heavy atom. The number of aromatic nitrogens is 2. The zero-order valence-corrected chi connectivity index (χ0v) is 17.7. The van der Waals surface area contributed by atoms with Gasteiger partial charge in [0.15, 0.2) is 0 Å². The first-order valence-corrected chi connectivity index (χ1v) is 10.5. The summed E-state index contributed by atoms with van der Waals surface area (Å²) in [5.74, 6) is 0.840. The number of benzene rings is 4. The number of anilines is 2. The summed E-state index contributed by atoms with van der Waals surface area (Å²) in [6, 6.07) is 30.5. The summed E-state index contributed by atoms with van der Waals surface area (Å²) in [6.07, 6.45) is 0. The highest BCUT2D eigenvalue weighted by molar-refractivity contribution is 6.30. The Balaban J connectivity index is 1.31. The number of carbonyl (C=O) groups is 1. The fourth-order valence-corrected chi connectivity index (χ4v) is 3.64. The summed E-state index contributed by atoms with van der Waals surface area (Å²) >= 11 is 5.88. The highest BCUT2D eigenvalue weighted by Gasteiger charge is 2.07. The number of carbonyl (C=O) groups excluding carboxylic acids is 1. The van der Waals surface area contributed by atoms with Crippen LogP contribution in [0.15, 0.2) is 97.1 Å². The summed E-state index contributed by atoms with van der Waals surface area (Å²) in [6.45, 7) is 0. The van der Waals surface area contributed by atoms with Crippen LogP contribution in [0.25, 0.3) is 33.5 Å². The largest absolute Gasteiger partial charge is 0.338 e. The van der Waals surface area contributed by atoms with Gasteiger partial charge < -0.3 is 15.6 Å². The average Bonchev–Trinajstić information content (AvgIpc) is 3.25. The lowest BCUT2D eigenvalue weighted by Crippen LogP contribution is -2.19. The average molecular weight is 439 g/mol. The molecule has 0 radical (unpaired) electrons. The standard InChI is InChI=1S/C26H19ClN4O/c27-20-12-14-21(15-13-20)28-26(32)29-22-5-3-4-19(16-22)17-8-10-18(11-9-17)25-30-23-6-1-2-7-24(23)31-25/h1-16H,(H,30,31)(H2,28,29,32). The predicted molar refractivity (Wildman–Crippen MR) is 131 cm³/mol. The maximum absolute atomic E-state index is 12.3. The molecule has 5 aromatic rings. The molecule has 4 aromatic carbocycles. The van der Waals surface area contributed by atoms with Gasteiger partial charge in [-0.25, -0.2) is 9.78 Å². The van der Waals surface area contributed by atoms with Crippen LogP contribution in [0.3, 0.4) is 0 Å². The van der Waals surface area contributed by atoms with Gasteiger partial charge in [-0.15, -0.1) is 0 Å². The molecule has 0 saturated carbocycles. The highest BCUT2D eigenvalue weighted by Crippen LogP contribution is 2.27. The molecule has 1 heterocycles. The predicted octanol–water partition coefficient (Wildman–Crippen LogP) is 7.19. The lowest BCUT2D eigenvalue weighted by atomic mass is 10.0. The molecule has 0 aliphatic rings. The van der Waals surface area contributed by atoms with Gasteiger partial charge in [-0.1, -0.05) is 60.1 Å². The van der Waals surface area contributed by atoms with Crippen molar-refractivity contribution < 1.29 is 4.79 Å². The van der Waals surface area contributed by atoms with E-state index in [4.69, 9.17) is 11.6 Å². The molecule has 0 atom stereocenters. The van der Waals surface area contributed by atoms with Gasteiger partial charge in [0, 0.05) is 22.0 Å². The number of halogens is 1. The number of aromatic amines is 1. The lowest BCUT2D eigenvalue weighted by Gasteiger charge is -2.10. The Morgan fingerprint density at radius 2 is 1.44 bits per heavy atom. The first-order valence-electron chi connectivity index (χ1n) is 10.1. The van der Waals surface area contributed by atoms with E-state index in [2.05, 4.69) is 32.7 Å². The summed E-state index contributed by atoms with van der Waals surface area (Å²) in [5, 5.41) is 6.28. The van der Waals surface area contributed by atoms with Crippen LogP contribution >= 0.6 is 11.6 Å². The molecule has 6 heteroatoms. The summed E-state index contributed by atoms with van der Waals surface area (Å²) in [5.41, 5.74) is 6.41. The van der Waals surface area contributed by atoms with E-state index < -0.39 is 0 Å². The second-order valence-electron chi connectivity index (χ2n) is 7.35. The van der Waals surface area contributed by atoms with Crippen molar-refractivity contribution in [3.05, 3.63) is 102 Å². The summed E-state index contributed by atoms with van der Waals surface area (Å²) < 4.78 is 0. The van der Waals surface area contributed by atoms with Gasteiger partial charge >= 0.3 is 6.03 Å². The fraction of sp³-hybridized carbons (Fsp3) is 0. The number of rotatable bonds is 4. The molecule has 5 rings (SSSR count). The first kappa shape index (κ1) is 19.8. The van der Waals surface area contributed by atoms with Crippen molar-refractivity contribution in [2.45, 2.75) is 0 Å². The Hall–Kier alpha value is -4.09. The number of fused-ring (bicyclic) bond motifs is 1. The van der Waals surface area contributed by atoms with Crippen LogP contribution in [0, 0.1) is 0 Å². The van der Waals surface area contributed by atoms with Crippen LogP contribution in [-0.2, 0) is 0 Å². The van der Waals surface area contributed by atoms with Crippen molar-refractivity contribution in [1.82, 2.24) is 9.97 Å². The zero-order chi connectivity index (χ0) is 21.9. The lowest BCUT2D eigenvalue weighted by molar-refractivity contribution is 0.262. The van der Waals surface area contributed by atoms with Crippen molar-refractivity contribution in [2.24, 2.45) is 0 Å². The van der Waals surface area contributed by atoms with Crippen molar-refractivity contribution in [2.75, 3.05) is 10.6 Å². The minimum absolute atomic E-state index is 0.315. The van der Waals surface area contributed by atoms with E-state index in [1.807, 2.05) is 60.7 Å². The Morgan fingerprint density at radius 3 is 2.22 bits per heavy atom. The molecule has 2 amide bonds. The number of nitrogens with zero attached hydrogens (tertiary/aromatic N) is 1. The second-order valence-corrected chi connectivity index (χ2v) is 7.78. The SMILES string of the molecule is O=C(Nc1ccc(Cl)cc1)Nc1cccc(-c2ccc(-c3nc4ccccc4[nH]3)cc2)c1. The number of nitrogens with one attached hydrogen (secondary N) is 3. The van der Waals surface area contributed by atoms with Gasteiger partial charge in [0.2, 0.25) is 0 Å². The van der Waals surface area contributed by atoms with Crippen LogP contribution < -0.4 is 10.6 Å². The molecule has 1 aromatic heterocycles. The number of H-pyrrole nitrogens is 1. The molecule has 0 aliphatic carbocycles. The molecule has 0 fully saturated rings. The van der Waals surface area contributed by atoms with E-state index in [0.717, 1.165) is 33.5 Å². The number of hydrogen-bond donors (Lipinski definition) is 3. The van der Waals surface area contributed by atoms with Crippen molar-refractivity contribution >= 4 is 40.0 Å². The topological polar surface area (TPSA) is 69.8 Å². The fourth-order valence-electron chi connectivity index (χ4n) is 3.51. The van der Waals surface area contributed by atoms with Crippen LogP contribution in [0.2, 0.25) is 5.02 Å². The van der Waals surface area contributed by atoms with Crippen molar-refractivity contribution in [3.8, 4) is 22.5 Å². The maximum Gasteiger partial charge on any atom is 0.323 e. The van der Waals surface area contributed by atoms with Crippen LogP contribution in [-0.4, -0.2) is 16.0 Å². The minimum atomic E-state index is -0.315. The van der Waals surface area contributed by atoms with Crippen LogP contribution in [0.5, 0.6) is 0 Å². The minimum Gasteiger partial charge on any atom is -0.338 e. The first-order chi connectivity index (χ1) is 15.6. The molecule has 0 unspecified atom stereocenters. The van der Waals surface area contributed by atoms with Gasteiger partial charge in [-0.3, -0.25) is 0 Å². The Bertz CT molecular complexity index is 1360.